The van der Waals surface area contributed by atoms with Crippen LogP contribution in [0.25, 0.3) is 10.8 Å². The lowest BCUT2D eigenvalue weighted by Crippen LogP contribution is -2.31. The second kappa shape index (κ2) is 8.39. The van der Waals surface area contributed by atoms with Gasteiger partial charge in [-0.1, -0.05) is 36.4 Å². The molecule has 0 spiro atoms. The number of hydrogen-bond acceptors (Lipinski definition) is 5. The number of ether oxygens (including phenoxy) is 2. The smallest absolute Gasteiger partial charge is 0.314 e. The van der Waals surface area contributed by atoms with Crippen LogP contribution in [0.4, 0.5) is 5.69 Å². The molecule has 0 saturated carbocycles. The average molecular weight is 380 g/mol. The van der Waals surface area contributed by atoms with E-state index in [1.807, 2.05) is 49.4 Å². The molecule has 0 bridgehead atoms. The van der Waals surface area contributed by atoms with Crippen LogP contribution in [-0.2, 0) is 4.79 Å². The third kappa shape index (κ3) is 4.37. The molecule has 3 rings (SSSR count). The number of nitrogens with zero attached hydrogens (tertiary/aromatic N) is 1. The lowest BCUT2D eigenvalue weighted by Gasteiger charge is -2.15. The summed E-state index contributed by atoms with van der Waals surface area (Å²) in [6.45, 7) is 1.54. The first-order valence-electron chi connectivity index (χ1n) is 8.71. The van der Waals surface area contributed by atoms with Crippen molar-refractivity contribution in [2.45, 2.75) is 13.0 Å². The summed E-state index contributed by atoms with van der Waals surface area (Å²) in [5.74, 6) is -0.0153. The highest BCUT2D eigenvalue weighted by Gasteiger charge is 2.18. The maximum Gasteiger partial charge on any atom is 0.314 e. The van der Waals surface area contributed by atoms with E-state index in [9.17, 15) is 14.9 Å². The van der Waals surface area contributed by atoms with Gasteiger partial charge in [0, 0.05) is 0 Å². The predicted molar refractivity (Wildman–Crippen MR) is 106 cm³/mol. The maximum atomic E-state index is 12.2. The van der Waals surface area contributed by atoms with Gasteiger partial charge in [-0.2, -0.15) is 0 Å². The highest BCUT2D eigenvalue weighted by atomic mass is 16.6. The van der Waals surface area contributed by atoms with Gasteiger partial charge in [-0.05, 0) is 41.5 Å². The highest BCUT2D eigenvalue weighted by molar-refractivity contribution is 5.83. The summed E-state index contributed by atoms with van der Waals surface area (Å²) in [6.07, 6.45) is 0. The number of benzene rings is 3. The van der Waals surface area contributed by atoms with Gasteiger partial charge in [-0.25, -0.2) is 0 Å². The van der Waals surface area contributed by atoms with Gasteiger partial charge < -0.3 is 14.8 Å². The molecule has 144 valence electrons. The summed E-state index contributed by atoms with van der Waals surface area (Å²) in [6, 6.07) is 17.9. The molecule has 0 radical (unpaired) electrons. The molecule has 0 aliphatic carbocycles. The third-order valence-corrected chi connectivity index (χ3v) is 4.37. The van der Waals surface area contributed by atoms with Gasteiger partial charge in [0.15, 0.2) is 12.4 Å². The van der Waals surface area contributed by atoms with Crippen molar-refractivity contribution >= 4 is 22.4 Å². The van der Waals surface area contributed by atoms with E-state index < -0.39 is 4.92 Å². The molecule has 1 unspecified atom stereocenters. The van der Waals surface area contributed by atoms with Gasteiger partial charge in [0.2, 0.25) is 0 Å². The van der Waals surface area contributed by atoms with E-state index in [-0.39, 0.29) is 30.0 Å². The first-order chi connectivity index (χ1) is 13.5. The van der Waals surface area contributed by atoms with Crippen molar-refractivity contribution in [3.63, 3.8) is 0 Å². The fourth-order valence-electron chi connectivity index (χ4n) is 2.88. The molecule has 1 amide bonds. The number of amides is 1. The lowest BCUT2D eigenvalue weighted by atomic mass is 10.0. The number of methoxy groups -OCH3 is 1. The Morgan fingerprint density at radius 2 is 1.86 bits per heavy atom. The summed E-state index contributed by atoms with van der Waals surface area (Å²) >= 11 is 0. The van der Waals surface area contributed by atoms with Gasteiger partial charge in [-0.15, -0.1) is 0 Å². The highest BCUT2D eigenvalue weighted by Crippen LogP contribution is 2.31. The minimum Gasteiger partial charge on any atom is -0.496 e. The van der Waals surface area contributed by atoms with Crippen molar-refractivity contribution in [1.82, 2.24) is 5.32 Å². The Kier molecular flexibility index (Phi) is 5.74. The van der Waals surface area contributed by atoms with Crippen molar-refractivity contribution in [3.05, 3.63) is 76.3 Å². The van der Waals surface area contributed by atoms with E-state index in [0.717, 1.165) is 16.3 Å². The summed E-state index contributed by atoms with van der Waals surface area (Å²) < 4.78 is 10.3. The number of nitro benzene ring substituents is 1. The normalized spacial score (nSPS) is 11.6. The zero-order chi connectivity index (χ0) is 20.1. The quantitative estimate of drug-likeness (QED) is 0.494. The van der Waals surface area contributed by atoms with Crippen molar-refractivity contribution < 1.29 is 19.2 Å². The number of hydrogen-bond donors (Lipinski definition) is 1. The van der Waals surface area contributed by atoms with Gasteiger partial charge >= 0.3 is 5.69 Å². The molecule has 0 heterocycles. The first-order valence-corrected chi connectivity index (χ1v) is 8.71. The second-order valence-corrected chi connectivity index (χ2v) is 6.28. The number of carbonyl (C=O) groups excluding carboxylic acids is 1. The monoisotopic (exact) mass is 380 g/mol. The largest absolute Gasteiger partial charge is 0.496 e. The van der Waals surface area contributed by atoms with E-state index in [1.165, 1.54) is 25.3 Å². The molecular weight excluding hydrogens is 360 g/mol. The molecule has 1 atom stereocenters. The number of rotatable bonds is 7. The minimum atomic E-state index is -0.576. The van der Waals surface area contributed by atoms with Crippen LogP contribution >= 0.6 is 0 Å². The fraction of sp³-hybridized carbons (Fsp3) is 0.190. The van der Waals surface area contributed by atoms with Crippen LogP contribution in [0.1, 0.15) is 18.5 Å². The topological polar surface area (TPSA) is 90.7 Å². The average Bonchev–Trinajstić information content (AvgIpc) is 2.71. The first kappa shape index (κ1) is 19.2. The molecule has 3 aromatic rings. The Morgan fingerprint density at radius 1 is 1.11 bits per heavy atom. The molecule has 0 saturated heterocycles. The zero-order valence-corrected chi connectivity index (χ0v) is 15.5. The van der Waals surface area contributed by atoms with Gasteiger partial charge in [0.25, 0.3) is 5.91 Å². The summed E-state index contributed by atoms with van der Waals surface area (Å²) in [5, 5.41) is 16.2. The number of nitrogens with one attached hydrogen (secondary N) is 1. The third-order valence-electron chi connectivity index (χ3n) is 4.37. The molecule has 0 aromatic heterocycles. The second-order valence-electron chi connectivity index (χ2n) is 6.28. The van der Waals surface area contributed by atoms with E-state index in [2.05, 4.69) is 5.32 Å². The molecule has 0 aliphatic rings. The van der Waals surface area contributed by atoms with E-state index in [4.69, 9.17) is 9.47 Å². The summed E-state index contributed by atoms with van der Waals surface area (Å²) in [4.78, 5) is 22.8. The standard InChI is InChI=1S/C21H20N2O5/c1-14(16-8-7-15-5-3-4-6-17(15)11-16)22-21(24)13-28-20-10-9-18(27-2)12-19(20)23(25)26/h3-12,14H,13H2,1-2H3,(H,22,24). The lowest BCUT2D eigenvalue weighted by molar-refractivity contribution is -0.385. The number of carbonyl (C=O) groups is 1. The number of nitro groups is 1. The molecule has 0 fully saturated rings. The zero-order valence-electron chi connectivity index (χ0n) is 15.5. The van der Waals surface area contributed by atoms with Crippen LogP contribution in [-0.4, -0.2) is 24.5 Å². The predicted octanol–water partition coefficient (Wildman–Crippen LogP) is 4.01. The molecule has 3 aromatic carbocycles. The molecular formula is C21H20N2O5. The van der Waals surface area contributed by atoms with Crippen molar-refractivity contribution in [2.75, 3.05) is 13.7 Å². The van der Waals surface area contributed by atoms with Gasteiger partial charge in [0.1, 0.15) is 5.75 Å². The summed E-state index contributed by atoms with van der Waals surface area (Å²) in [7, 11) is 1.42. The minimum absolute atomic E-state index is 0.0132. The molecule has 7 nitrogen and oxygen atoms in total. The van der Waals surface area contributed by atoms with E-state index in [1.54, 1.807) is 0 Å². The van der Waals surface area contributed by atoms with Gasteiger partial charge in [-0.3, -0.25) is 14.9 Å². The van der Waals surface area contributed by atoms with Crippen LogP contribution in [0.2, 0.25) is 0 Å². The Labute approximate surface area is 162 Å². The Hall–Kier alpha value is -3.61. The van der Waals surface area contributed by atoms with Crippen molar-refractivity contribution in [3.8, 4) is 11.5 Å². The molecule has 1 N–H and O–H groups in total. The van der Waals surface area contributed by atoms with Gasteiger partial charge in [0.05, 0.1) is 24.1 Å². The summed E-state index contributed by atoms with van der Waals surface area (Å²) in [5.41, 5.74) is 0.706. The SMILES string of the molecule is COc1ccc(OCC(=O)NC(C)c2ccc3ccccc3c2)c([N+](=O)[O-])c1. The van der Waals surface area contributed by atoms with Crippen LogP contribution < -0.4 is 14.8 Å². The maximum absolute atomic E-state index is 12.2. The molecule has 7 heteroatoms. The van der Waals surface area contributed by atoms with E-state index in [0.29, 0.717) is 5.75 Å². The van der Waals surface area contributed by atoms with E-state index >= 15 is 0 Å². The molecule has 28 heavy (non-hydrogen) atoms. The van der Waals surface area contributed by atoms with Crippen LogP contribution in [0, 0.1) is 10.1 Å². The van der Waals surface area contributed by atoms with Crippen LogP contribution in [0.5, 0.6) is 11.5 Å². The van der Waals surface area contributed by atoms with Crippen LogP contribution in [0.15, 0.2) is 60.7 Å². The molecule has 0 aliphatic heterocycles. The Morgan fingerprint density at radius 3 is 2.57 bits per heavy atom. The Balaban J connectivity index is 1.64. The van der Waals surface area contributed by atoms with Crippen molar-refractivity contribution in [1.29, 1.82) is 0 Å². The fourth-order valence-corrected chi connectivity index (χ4v) is 2.88. The Bertz CT molecular complexity index is 1020. The number of fused-ring (bicyclic) bond motifs is 1. The van der Waals surface area contributed by atoms with Crippen molar-refractivity contribution in [2.24, 2.45) is 0 Å². The van der Waals surface area contributed by atoms with Crippen LogP contribution in [0.3, 0.4) is 0 Å².